The van der Waals surface area contributed by atoms with Crippen molar-refractivity contribution >= 4 is 21.4 Å². The van der Waals surface area contributed by atoms with Gasteiger partial charge in [-0.3, -0.25) is 4.72 Å². The van der Waals surface area contributed by atoms with Crippen LogP contribution in [0, 0.1) is 6.92 Å². The normalized spacial score (nSPS) is 11.1. The maximum absolute atomic E-state index is 12.3. The predicted octanol–water partition coefficient (Wildman–Crippen LogP) is 1.18. The van der Waals surface area contributed by atoms with E-state index < -0.39 is 10.0 Å². The first-order valence-electron chi connectivity index (χ1n) is 5.66. The zero-order chi connectivity index (χ0) is 14.8. The fourth-order valence-corrected chi connectivity index (χ4v) is 2.82. The maximum Gasteiger partial charge on any atom is 0.265 e. The summed E-state index contributed by atoms with van der Waals surface area (Å²) in [5.41, 5.74) is 7.13. The van der Waals surface area contributed by atoms with Crippen LogP contribution in [0.1, 0.15) is 5.56 Å². The molecule has 0 saturated heterocycles. The van der Waals surface area contributed by atoms with Crippen LogP contribution in [0.3, 0.4) is 0 Å². The highest BCUT2D eigenvalue weighted by molar-refractivity contribution is 7.92. The maximum atomic E-state index is 12.3. The van der Waals surface area contributed by atoms with E-state index in [2.05, 4.69) is 14.7 Å². The number of benzene rings is 1. The number of methoxy groups -OCH3 is 1. The summed E-state index contributed by atoms with van der Waals surface area (Å²) in [5, 5.41) is 0. The summed E-state index contributed by atoms with van der Waals surface area (Å²) in [6, 6.07) is 2.94. The predicted molar refractivity (Wildman–Crippen MR) is 75.0 cm³/mol. The third kappa shape index (κ3) is 2.80. The second kappa shape index (κ2) is 5.33. The van der Waals surface area contributed by atoms with Crippen LogP contribution in [-0.2, 0) is 10.0 Å². The molecule has 3 N–H and O–H groups in total. The Morgan fingerprint density at radius 3 is 2.50 bits per heavy atom. The van der Waals surface area contributed by atoms with Crippen LogP contribution in [0.25, 0.3) is 0 Å². The standard InChI is InChI=1S/C12H14N4O3S/c1-8-3-11(19-2)12(4-10(8)13)20(17,18)16-9-5-14-7-15-6-9/h3-7,16H,13H2,1-2H3. The molecule has 0 aliphatic heterocycles. The van der Waals surface area contributed by atoms with Crippen molar-refractivity contribution in [1.29, 1.82) is 0 Å². The molecule has 0 aliphatic rings. The quantitative estimate of drug-likeness (QED) is 0.820. The molecule has 0 aliphatic carbocycles. The van der Waals surface area contributed by atoms with Gasteiger partial charge in [-0.05, 0) is 24.6 Å². The largest absolute Gasteiger partial charge is 0.495 e. The van der Waals surface area contributed by atoms with Crippen LogP contribution in [0.15, 0.2) is 35.7 Å². The molecule has 0 unspecified atom stereocenters. The number of nitrogens with zero attached hydrogens (tertiary/aromatic N) is 2. The first-order valence-corrected chi connectivity index (χ1v) is 7.14. The van der Waals surface area contributed by atoms with Crippen molar-refractivity contribution in [2.24, 2.45) is 0 Å². The van der Waals surface area contributed by atoms with Gasteiger partial charge in [0.1, 0.15) is 17.0 Å². The Morgan fingerprint density at radius 1 is 1.25 bits per heavy atom. The average molecular weight is 294 g/mol. The molecular formula is C12H14N4O3S. The molecular weight excluding hydrogens is 280 g/mol. The van der Waals surface area contributed by atoms with E-state index in [-0.39, 0.29) is 16.3 Å². The molecule has 2 rings (SSSR count). The molecule has 0 radical (unpaired) electrons. The van der Waals surface area contributed by atoms with Gasteiger partial charge in [0, 0.05) is 5.69 Å². The number of aromatic nitrogens is 2. The number of hydrogen-bond donors (Lipinski definition) is 2. The molecule has 0 atom stereocenters. The average Bonchev–Trinajstić information content (AvgIpc) is 2.42. The number of nitrogens with one attached hydrogen (secondary N) is 1. The third-order valence-electron chi connectivity index (χ3n) is 2.65. The van der Waals surface area contributed by atoms with Crippen LogP contribution < -0.4 is 15.2 Å². The van der Waals surface area contributed by atoms with Crippen LogP contribution >= 0.6 is 0 Å². The van der Waals surface area contributed by atoms with Crippen molar-refractivity contribution in [1.82, 2.24) is 9.97 Å². The molecule has 1 aromatic carbocycles. The molecule has 0 amide bonds. The van der Waals surface area contributed by atoms with E-state index in [4.69, 9.17) is 10.5 Å². The van der Waals surface area contributed by atoms with E-state index in [0.29, 0.717) is 5.69 Å². The van der Waals surface area contributed by atoms with Gasteiger partial charge < -0.3 is 10.5 Å². The molecule has 0 bridgehead atoms. The molecule has 0 spiro atoms. The minimum absolute atomic E-state index is 0.0352. The van der Waals surface area contributed by atoms with Crippen LogP contribution in [0.2, 0.25) is 0 Å². The van der Waals surface area contributed by atoms with Gasteiger partial charge in [0.25, 0.3) is 10.0 Å². The van der Waals surface area contributed by atoms with E-state index in [1.54, 1.807) is 13.0 Å². The first-order chi connectivity index (χ1) is 9.44. The van der Waals surface area contributed by atoms with Crippen LogP contribution in [0.5, 0.6) is 5.75 Å². The Labute approximate surface area is 116 Å². The lowest BCUT2D eigenvalue weighted by atomic mass is 10.2. The molecule has 20 heavy (non-hydrogen) atoms. The number of nitrogens with two attached hydrogens (primary N) is 1. The number of nitrogen functional groups attached to an aromatic ring is 1. The van der Waals surface area contributed by atoms with Gasteiger partial charge in [0.2, 0.25) is 0 Å². The van der Waals surface area contributed by atoms with Gasteiger partial charge in [0.05, 0.1) is 25.2 Å². The highest BCUT2D eigenvalue weighted by Crippen LogP contribution is 2.29. The Hall–Kier alpha value is -2.35. The molecule has 8 heteroatoms. The fourth-order valence-electron chi connectivity index (χ4n) is 1.61. The van der Waals surface area contributed by atoms with Crippen molar-refractivity contribution < 1.29 is 13.2 Å². The number of hydrogen-bond acceptors (Lipinski definition) is 6. The van der Waals surface area contributed by atoms with E-state index in [0.717, 1.165) is 5.56 Å². The van der Waals surface area contributed by atoms with E-state index in [9.17, 15) is 8.42 Å². The summed E-state index contributed by atoms with van der Waals surface area (Å²) in [6.07, 6.45) is 4.02. The second-order valence-corrected chi connectivity index (χ2v) is 5.74. The van der Waals surface area contributed by atoms with E-state index in [1.165, 1.54) is 31.9 Å². The molecule has 0 saturated carbocycles. The van der Waals surface area contributed by atoms with Crippen molar-refractivity contribution in [2.45, 2.75) is 11.8 Å². The monoisotopic (exact) mass is 294 g/mol. The summed E-state index contributed by atoms with van der Waals surface area (Å²) >= 11 is 0. The lowest BCUT2D eigenvalue weighted by molar-refractivity contribution is 0.402. The highest BCUT2D eigenvalue weighted by atomic mass is 32.2. The topological polar surface area (TPSA) is 107 Å². The zero-order valence-corrected chi connectivity index (χ0v) is 11.8. The fraction of sp³-hybridized carbons (Fsp3) is 0.167. The van der Waals surface area contributed by atoms with Gasteiger partial charge in [-0.25, -0.2) is 18.4 Å². The third-order valence-corrected chi connectivity index (χ3v) is 4.06. The Kier molecular flexibility index (Phi) is 3.75. The SMILES string of the molecule is COc1cc(C)c(N)cc1S(=O)(=O)Nc1cncnc1. The number of rotatable bonds is 4. The summed E-state index contributed by atoms with van der Waals surface area (Å²) < 4.78 is 32.2. The van der Waals surface area contributed by atoms with Gasteiger partial charge >= 0.3 is 0 Å². The van der Waals surface area contributed by atoms with Gasteiger partial charge in [-0.2, -0.15) is 0 Å². The number of anilines is 2. The minimum Gasteiger partial charge on any atom is -0.495 e. The van der Waals surface area contributed by atoms with Crippen molar-refractivity contribution in [3.05, 3.63) is 36.4 Å². The first kappa shape index (κ1) is 14.1. The van der Waals surface area contributed by atoms with Gasteiger partial charge in [0.15, 0.2) is 0 Å². The van der Waals surface area contributed by atoms with E-state index in [1.807, 2.05) is 0 Å². The van der Waals surface area contributed by atoms with Crippen molar-refractivity contribution in [2.75, 3.05) is 17.6 Å². The molecule has 106 valence electrons. The van der Waals surface area contributed by atoms with E-state index >= 15 is 0 Å². The summed E-state index contributed by atoms with van der Waals surface area (Å²) in [5.74, 6) is 0.223. The van der Waals surface area contributed by atoms with Crippen molar-refractivity contribution in [3.63, 3.8) is 0 Å². The second-order valence-electron chi connectivity index (χ2n) is 4.09. The smallest absolute Gasteiger partial charge is 0.265 e. The molecule has 1 aromatic heterocycles. The van der Waals surface area contributed by atoms with Gasteiger partial charge in [-0.1, -0.05) is 0 Å². The molecule has 1 heterocycles. The number of sulfonamides is 1. The molecule has 2 aromatic rings. The number of aryl methyl sites for hydroxylation is 1. The summed E-state index contributed by atoms with van der Waals surface area (Å²) in [6.45, 7) is 1.77. The highest BCUT2D eigenvalue weighted by Gasteiger charge is 2.21. The number of ether oxygens (including phenoxy) is 1. The molecule has 7 nitrogen and oxygen atoms in total. The van der Waals surface area contributed by atoms with Crippen LogP contribution in [-0.4, -0.2) is 25.5 Å². The molecule has 0 fully saturated rings. The lowest BCUT2D eigenvalue weighted by Crippen LogP contribution is -2.15. The Bertz CT molecular complexity index is 717. The Balaban J connectivity index is 2.47. The summed E-state index contributed by atoms with van der Waals surface area (Å²) in [4.78, 5) is 7.45. The van der Waals surface area contributed by atoms with Gasteiger partial charge in [-0.15, -0.1) is 0 Å². The Morgan fingerprint density at radius 2 is 1.90 bits per heavy atom. The zero-order valence-electron chi connectivity index (χ0n) is 11.0. The minimum atomic E-state index is -3.83. The lowest BCUT2D eigenvalue weighted by Gasteiger charge is -2.13. The summed E-state index contributed by atoms with van der Waals surface area (Å²) in [7, 11) is -2.43. The van der Waals surface area contributed by atoms with Crippen LogP contribution in [0.4, 0.5) is 11.4 Å². The van der Waals surface area contributed by atoms with Crippen molar-refractivity contribution in [3.8, 4) is 5.75 Å².